The van der Waals surface area contributed by atoms with Crippen LogP contribution < -0.4 is 14.4 Å². The maximum atomic E-state index is 13.4. The topological polar surface area (TPSA) is 88.2 Å². The number of piperidine rings is 1. The van der Waals surface area contributed by atoms with Crippen LogP contribution in [0, 0.1) is 0 Å². The zero-order valence-electron chi connectivity index (χ0n) is 27.1. The summed E-state index contributed by atoms with van der Waals surface area (Å²) in [5.41, 5.74) is 4.06. The van der Waals surface area contributed by atoms with Gasteiger partial charge in [0.05, 0.1) is 64.5 Å². The highest BCUT2D eigenvalue weighted by atomic mass is 16.6. The largest absolute Gasteiger partial charge is 0.497 e. The summed E-state index contributed by atoms with van der Waals surface area (Å²) in [5.74, 6) is 1.50. The zero-order valence-corrected chi connectivity index (χ0v) is 27.1. The van der Waals surface area contributed by atoms with Crippen molar-refractivity contribution in [2.75, 3.05) is 78.8 Å². The molecule has 1 saturated heterocycles. The van der Waals surface area contributed by atoms with Gasteiger partial charge in [-0.2, -0.15) is 0 Å². The van der Waals surface area contributed by atoms with Crippen LogP contribution in [0.4, 0.5) is 10.5 Å². The summed E-state index contributed by atoms with van der Waals surface area (Å²) in [4.78, 5) is 17.5. The van der Waals surface area contributed by atoms with Gasteiger partial charge in [-0.3, -0.25) is 0 Å². The first-order chi connectivity index (χ1) is 22.6. The average Bonchev–Trinajstić information content (AvgIpc) is 3.10. The Morgan fingerprint density at radius 2 is 1.59 bits per heavy atom. The average molecular weight is 635 g/mol. The monoisotopic (exact) mass is 634 g/mol. The summed E-state index contributed by atoms with van der Waals surface area (Å²) >= 11 is 0. The van der Waals surface area contributed by atoms with Crippen molar-refractivity contribution >= 4 is 11.8 Å². The lowest BCUT2D eigenvalue weighted by Gasteiger charge is -2.43. The highest BCUT2D eigenvalue weighted by Crippen LogP contribution is 2.36. The van der Waals surface area contributed by atoms with E-state index < -0.39 is 6.09 Å². The van der Waals surface area contributed by atoms with Crippen molar-refractivity contribution in [3.05, 3.63) is 89.5 Å². The number of nitrogens with zero attached hydrogens (tertiary/aromatic N) is 2. The van der Waals surface area contributed by atoms with Crippen molar-refractivity contribution in [1.82, 2.24) is 4.90 Å². The molecular weight excluding hydrogens is 588 g/mol. The number of hydrogen-bond donors (Lipinski definition) is 0. The van der Waals surface area contributed by atoms with Gasteiger partial charge in [0.1, 0.15) is 24.7 Å². The van der Waals surface area contributed by atoms with Crippen molar-refractivity contribution < 1.29 is 38.0 Å². The molecule has 3 aromatic carbocycles. The molecular formula is C36H46N2O8. The molecule has 0 spiro atoms. The molecule has 10 heteroatoms. The van der Waals surface area contributed by atoms with E-state index in [-0.39, 0.29) is 24.7 Å². The van der Waals surface area contributed by atoms with E-state index in [0.29, 0.717) is 46.1 Å². The number of anilines is 1. The summed E-state index contributed by atoms with van der Waals surface area (Å²) in [6.45, 7) is 5.16. The third kappa shape index (κ3) is 8.91. The number of benzene rings is 3. The summed E-state index contributed by atoms with van der Waals surface area (Å²) in [6.07, 6.45) is -0.185. The molecule has 1 fully saturated rings. The van der Waals surface area contributed by atoms with Gasteiger partial charge in [0.25, 0.3) is 0 Å². The maximum absolute atomic E-state index is 13.4. The first-order valence-corrected chi connectivity index (χ1v) is 15.9. The fraction of sp³-hybridized carbons (Fsp3) is 0.472. The Kier molecular flexibility index (Phi) is 12.5. The second-order valence-corrected chi connectivity index (χ2v) is 11.5. The predicted octanol–water partition coefficient (Wildman–Crippen LogP) is 5.28. The molecule has 10 nitrogen and oxygen atoms in total. The second-order valence-electron chi connectivity index (χ2n) is 11.5. The van der Waals surface area contributed by atoms with Crippen LogP contribution in [0.2, 0.25) is 0 Å². The van der Waals surface area contributed by atoms with Crippen LogP contribution >= 0.6 is 0 Å². The van der Waals surface area contributed by atoms with Crippen molar-refractivity contribution in [1.29, 1.82) is 0 Å². The smallest absolute Gasteiger partial charge is 0.410 e. The van der Waals surface area contributed by atoms with E-state index in [1.54, 1.807) is 26.2 Å². The summed E-state index contributed by atoms with van der Waals surface area (Å²) in [6, 6.07) is 23.9. The van der Waals surface area contributed by atoms with Gasteiger partial charge in [-0.25, -0.2) is 4.79 Å². The van der Waals surface area contributed by atoms with E-state index in [1.165, 1.54) is 0 Å². The van der Waals surface area contributed by atoms with Crippen LogP contribution in [-0.2, 0) is 36.9 Å². The molecule has 3 unspecified atom stereocenters. The molecule has 1 amide bonds. The van der Waals surface area contributed by atoms with Crippen molar-refractivity contribution in [3.63, 3.8) is 0 Å². The van der Waals surface area contributed by atoms with Crippen LogP contribution in [0.3, 0.4) is 0 Å². The lowest BCUT2D eigenvalue weighted by atomic mass is 9.84. The minimum absolute atomic E-state index is 0.146. The van der Waals surface area contributed by atoms with Crippen LogP contribution in [0.15, 0.2) is 72.8 Å². The number of hydrogen-bond acceptors (Lipinski definition) is 9. The number of ether oxygens (including phenoxy) is 7. The Labute approximate surface area is 272 Å². The normalized spacial score (nSPS) is 19.3. The Hall–Kier alpha value is -3.83. The lowest BCUT2D eigenvalue weighted by Crippen LogP contribution is -2.54. The van der Waals surface area contributed by atoms with Gasteiger partial charge in [0.15, 0.2) is 0 Å². The van der Waals surface area contributed by atoms with Gasteiger partial charge in [-0.15, -0.1) is 0 Å². The number of rotatable bonds is 15. The van der Waals surface area contributed by atoms with Crippen LogP contribution in [-0.4, -0.2) is 97.1 Å². The fourth-order valence-corrected chi connectivity index (χ4v) is 6.03. The molecule has 46 heavy (non-hydrogen) atoms. The quantitative estimate of drug-likeness (QED) is 0.207. The highest BCUT2D eigenvalue weighted by Gasteiger charge is 2.41. The highest BCUT2D eigenvalue weighted by molar-refractivity contribution is 5.68. The molecule has 3 aromatic rings. The second kappa shape index (κ2) is 17.2. The first-order valence-electron chi connectivity index (χ1n) is 15.9. The molecule has 0 aliphatic carbocycles. The Morgan fingerprint density at radius 3 is 2.33 bits per heavy atom. The van der Waals surface area contributed by atoms with E-state index in [0.717, 1.165) is 53.4 Å². The maximum Gasteiger partial charge on any atom is 0.410 e. The molecule has 248 valence electrons. The lowest BCUT2D eigenvalue weighted by molar-refractivity contribution is -0.0971. The minimum Gasteiger partial charge on any atom is -0.497 e. The standard InChI is InChI=1S/C36H46N2O8/c1-40-18-7-16-37-17-19-43-32-15-10-28(22-31(32)37)26-45-34-24-38(36(39)46-25-27-8-5-4-6-9-27)23-33(44-21-20-41-2)35(34)29-11-13-30(42-3)14-12-29/h4-6,8-15,22,33-35H,7,16-21,23-26H2,1-3H3. The molecule has 0 aromatic heterocycles. The molecule has 0 saturated carbocycles. The third-order valence-corrected chi connectivity index (χ3v) is 8.41. The van der Waals surface area contributed by atoms with Crippen molar-refractivity contribution in [3.8, 4) is 11.5 Å². The number of carbonyl (C=O) groups is 1. The Morgan fingerprint density at radius 1 is 0.826 bits per heavy atom. The zero-order chi connectivity index (χ0) is 32.1. The molecule has 0 bridgehead atoms. The number of methoxy groups -OCH3 is 3. The van der Waals surface area contributed by atoms with E-state index in [9.17, 15) is 4.79 Å². The summed E-state index contributed by atoms with van der Waals surface area (Å²) in [5, 5.41) is 0. The van der Waals surface area contributed by atoms with Gasteiger partial charge >= 0.3 is 6.09 Å². The van der Waals surface area contributed by atoms with E-state index >= 15 is 0 Å². The number of amides is 1. The predicted molar refractivity (Wildman–Crippen MR) is 175 cm³/mol. The van der Waals surface area contributed by atoms with Crippen molar-refractivity contribution in [2.45, 2.75) is 37.8 Å². The number of likely N-dealkylation sites (tertiary alicyclic amines) is 1. The van der Waals surface area contributed by atoms with E-state index in [1.807, 2.05) is 66.7 Å². The summed E-state index contributed by atoms with van der Waals surface area (Å²) < 4.78 is 40.8. The fourth-order valence-electron chi connectivity index (χ4n) is 6.03. The van der Waals surface area contributed by atoms with Gasteiger partial charge in [-0.1, -0.05) is 48.5 Å². The first kappa shape index (κ1) is 33.5. The van der Waals surface area contributed by atoms with Crippen LogP contribution in [0.1, 0.15) is 29.0 Å². The minimum atomic E-state index is -0.399. The number of carbonyl (C=O) groups excluding carboxylic acids is 1. The molecule has 5 rings (SSSR count). The van der Waals surface area contributed by atoms with Crippen LogP contribution in [0.25, 0.3) is 0 Å². The molecule has 2 aliphatic rings. The Bertz CT molecular complexity index is 1360. The van der Waals surface area contributed by atoms with Gasteiger partial charge in [0.2, 0.25) is 0 Å². The molecule has 2 heterocycles. The SMILES string of the molecule is COCCCN1CCOc2ccc(COC3CN(C(=O)OCc4ccccc4)CC(OCCOC)C3c3ccc(OC)cc3)cc21. The molecule has 0 radical (unpaired) electrons. The molecule has 3 atom stereocenters. The van der Waals surface area contributed by atoms with E-state index in [4.69, 9.17) is 33.2 Å². The summed E-state index contributed by atoms with van der Waals surface area (Å²) in [7, 11) is 5.02. The van der Waals surface area contributed by atoms with Crippen LogP contribution in [0.5, 0.6) is 11.5 Å². The number of fused-ring (bicyclic) bond motifs is 1. The van der Waals surface area contributed by atoms with Crippen molar-refractivity contribution in [2.24, 2.45) is 0 Å². The third-order valence-electron chi connectivity index (χ3n) is 8.41. The molecule has 0 N–H and O–H groups in total. The molecule has 2 aliphatic heterocycles. The van der Waals surface area contributed by atoms with Gasteiger partial charge < -0.3 is 43.0 Å². The van der Waals surface area contributed by atoms with Gasteiger partial charge in [0, 0.05) is 33.3 Å². The van der Waals surface area contributed by atoms with Gasteiger partial charge in [-0.05, 0) is 47.4 Å². The Balaban J connectivity index is 1.37. The van der Waals surface area contributed by atoms with E-state index in [2.05, 4.69) is 11.0 Å².